The number of β-lactam (4-membered cyclic amide) rings is 1. The number of amides is 1. The van der Waals surface area contributed by atoms with E-state index >= 15 is 0 Å². The minimum atomic E-state index is -1.38. The van der Waals surface area contributed by atoms with E-state index in [-0.39, 0.29) is 69.0 Å². The molecule has 7 nitrogen and oxygen atoms in total. The molecule has 1 amide bonds. The number of aryl methyl sites for hydroxylation is 1. The Labute approximate surface area is 184 Å². The van der Waals surface area contributed by atoms with Gasteiger partial charge in [-0.3, -0.25) is 4.79 Å². The van der Waals surface area contributed by atoms with Gasteiger partial charge in [0.2, 0.25) is 5.91 Å². The van der Waals surface area contributed by atoms with Crippen LogP contribution in [0.15, 0.2) is 14.9 Å². The number of hydrogen-bond donors (Lipinski definition) is 1. The van der Waals surface area contributed by atoms with Gasteiger partial charge in [0.05, 0.1) is 29.2 Å². The molecule has 1 aromatic rings. The fraction of sp³-hybridized carbons (Fsp3) is 0.538. The average Bonchev–Trinajstić information content (AvgIpc) is 2.90. The van der Waals surface area contributed by atoms with E-state index in [1.807, 2.05) is 6.92 Å². The Morgan fingerprint density at radius 2 is 2.13 bits per heavy atom. The molecule has 3 heterocycles. The monoisotopic (exact) mass is 379 g/mol. The number of aromatic nitrogens is 2. The van der Waals surface area contributed by atoms with Gasteiger partial charge in [0, 0.05) is 11.3 Å². The van der Waals surface area contributed by atoms with Crippen molar-refractivity contribution >= 4 is 35.0 Å². The first-order valence-electron chi connectivity index (χ1n) is 6.68. The number of aliphatic hydroxyl groups is 1. The Morgan fingerprint density at radius 1 is 1.48 bits per heavy atom. The summed E-state index contributed by atoms with van der Waals surface area (Å²) in [7, 11) is 0. The third kappa shape index (κ3) is 3.45. The van der Waals surface area contributed by atoms with E-state index in [9.17, 15) is 19.8 Å². The second kappa shape index (κ2) is 6.83. The summed E-state index contributed by atoms with van der Waals surface area (Å²) in [5, 5.41) is 30.2. The van der Waals surface area contributed by atoms with Crippen LogP contribution in [0.2, 0.25) is 0 Å². The number of carbonyl (C=O) groups excluding carboxylic acids is 2. The molecule has 0 spiro atoms. The van der Waals surface area contributed by atoms with Crippen LogP contribution in [0, 0.1) is 12.8 Å². The minimum Gasteiger partial charge on any atom is -0.543 e. The third-order valence-electron chi connectivity index (χ3n) is 3.79. The SMILES string of the molecule is Cc1nnc(SC2=C(C(=O)[O-])N3C(=O)[C@@H](C(C)(C)O)[C@H]3C2)s1.[K+]. The Kier molecular flexibility index (Phi) is 5.79. The summed E-state index contributed by atoms with van der Waals surface area (Å²) in [5.41, 5.74) is -1.29. The van der Waals surface area contributed by atoms with Crippen LogP contribution >= 0.6 is 23.1 Å². The molecule has 0 aromatic carbocycles. The van der Waals surface area contributed by atoms with Crippen molar-refractivity contribution in [3.63, 3.8) is 0 Å². The standard InChI is InChI=1S/C13H15N3O4S2.K/c1-5-14-15-12(21-5)22-7-4-6-8(13(2,3)20)10(17)16(6)9(7)11(18)19;/h6,8,20H,4H2,1-3H3,(H,18,19);/q;+1/p-1/t6-,8+;/m1./s1. The molecule has 1 aromatic heterocycles. The molecular formula is C13H14KN3O4S2. The second-order valence-corrected chi connectivity index (χ2v) is 8.38. The number of carboxylic acid groups (broad SMARTS) is 1. The van der Waals surface area contributed by atoms with E-state index in [2.05, 4.69) is 10.2 Å². The number of carbonyl (C=O) groups is 2. The van der Waals surface area contributed by atoms with Crippen molar-refractivity contribution in [3.8, 4) is 0 Å². The maximum absolute atomic E-state index is 12.2. The molecule has 1 fully saturated rings. The third-order valence-corrected chi connectivity index (χ3v) is 5.79. The smallest absolute Gasteiger partial charge is 0.543 e. The molecule has 2 atom stereocenters. The molecule has 0 saturated carbocycles. The van der Waals surface area contributed by atoms with Crippen LogP contribution in [0.1, 0.15) is 25.3 Å². The van der Waals surface area contributed by atoms with E-state index in [4.69, 9.17) is 0 Å². The number of aliphatic carboxylic acids is 1. The Bertz CT molecular complexity index is 698. The average molecular weight is 380 g/mol. The van der Waals surface area contributed by atoms with E-state index in [1.54, 1.807) is 13.8 Å². The maximum Gasteiger partial charge on any atom is 1.00 e. The van der Waals surface area contributed by atoms with Crippen molar-refractivity contribution in [3.05, 3.63) is 15.6 Å². The fourth-order valence-electron chi connectivity index (χ4n) is 2.95. The van der Waals surface area contributed by atoms with Crippen LogP contribution in [0.5, 0.6) is 0 Å². The molecule has 118 valence electrons. The first kappa shape index (κ1) is 19.5. The summed E-state index contributed by atoms with van der Waals surface area (Å²) >= 11 is 2.56. The van der Waals surface area contributed by atoms with Crippen LogP contribution < -0.4 is 56.5 Å². The quantitative estimate of drug-likeness (QED) is 0.436. The molecule has 10 heteroatoms. The minimum absolute atomic E-state index is 0. The Balaban J connectivity index is 0.00000192. The van der Waals surface area contributed by atoms with Gasteiger partial charge >= 0.3 is 51.4 Å². The van der Waals surface area contributed by atoms with Gasteiger partial charge < -0.3 is 19.9 Å². The zero-order valence-corrected chi connectivity index (χ0v) is 17.9. The van der Waals surface area contributed by atoms with Crippen LogP contribution in [-0.4, -0.2) is 43.7 Å². The number of rotatable bonds is 4. The first-order chi connectivity index (χ1) is 10.2. The number of nitrogens with zero attached hydrogens (tertiary/aromatic N) is 3. The van der Waals surface area contributed by atoms with Crippen molar-refractivity contribution in [1.82, 2.24) is 15.1 Å². The van der Waals surface area contributed by atoms with Crippen molar-refractivity contribution < 1.29 is 71.2 Å². The summed E-state index contributed by atoms with van der Waals surface area (Å²) < 4.78 is 0.626. The van der Waals surface area contributed by atoms with E-state index < -0.39 is 17.5 Å². The van der Waals surface area contributed by atoms with Crippen LogP contribution in [0.25, 0.3) is 0 Å². The van der Waals surface area contributed by atoms with Crippen molar-refractivity contribution in [2.45, 2.75) is 43.2 Å². The fourth-order valence-corrected chi connectivity index (χ4v) is 5.02. The molecule has 0 bridgehead atoms. The van der Waals surface area contributed by atoms with Gasteiger partial charge in [-0.25, -0.2) is 0 Å². The van der Waals surface area contributed by atoms with E-state index in [1.165, 1.54) is 28.0 Å². The summed E-state index contributed by atoms with van der Waals surface area (Å²) in [6.07, 6.45) is 0.382. The number of carboxylic acids is 1. The van der Waals surface area contributed by atoms with Crippen LogP contribution in [-0.2, 0) is 9.59 Å². The first-order valence-corrected chi connectivity index (χ1v) is 8.31. The van der Waals surface area contributed by atoms with Gasteiger partial charge in [-0.2, -0.15) is 0 Å². The zero-order chi connectivity index (χ0) is 16.2. The zero-order valence-electron chi connectivity index (χ0n) is 13.2. The molecule has 1 saturated heterocycles. The number of thioether (sulfide) groups is 1. The second-order valence-electron chi connectivity index (χ2n) is 5.86. The normalized spacial score (nSPS) is 23.5. The topological polar surface area (TPSA) is 106 Å². The summed E-state index contributed by atoms with van der Waals surface area (Å²) in [4.78, 5) is 25.4. The van der Waals surface area contributed by atoms with Gasteiger partial charge in [-0.1, -0.05) is 23.1 Å². The predicted octanol–water partition coefficient (Wildman–Crippen LogP) is -3.09. The van der Waals surface area contributed by atoms with Crippen molar-refractivity contribution in [2.24, 2.45) is 5.92 Å². The van der Waals surface area contributed by atoms with Crippen LogP contribution in [0.3, 0.4) is 0 Å². The Hall–Kier alpha value is 0.186. The molecular weight excluding hydrogens is 365 g/mol. The predicted molar refractivity (Wildman–Crippen MR) is 77.6 cm³/mol. The van der Waals surface area contributed by atoms with Gasteiger partial charge in [-0.05, 0) is 20.8 Å². The summed E-state index contributed by atoms with van der Waals surface area (Å²) in [6, 6.07) is -0.336. The summed E-state index contributed by atoms with van der Waals surface area (Å²) in [5.74, 6) is -2.36. The molecule has 2 aliphatic heterocycles. The molecule has 0 aliphatic carbocycles. The van der Waals surface area contributed by atoms with Gasteiger partial charge in [0.15, 0.2) is 4.34 Å². The number of fused-ring (bicyclic) bond motifs is 1. The summed E-state index contributed by atoms with van der Waals surface area (Å²) in [6.45, 7) is 4.93. The molecule has 1 N–H and O–H groups in total. The molecule has 23 heavy (non-hydrogen) atoms. The van der Waals surface area contributed by atoms with E-state index in [0.29, 0.717) is 15.7 Å². The van der Waals surface area contributed by atoms with Crippen molar-refractivity contribution in [1.29, 1.82) is 0 Å². The molecule has 2 aliphatic rings. The number of hydrogen-bond acceptors (Lipinski definition) is 8. The van der Waals surface area contributed by atoms with Crippen LogP contribution in [0.4, 0.5) is 0 Å². The van der Waals surface area contributed by atoms with Gasteiger partial charge in [-0.15, -0.1) is 10.2 Å². The van der Waals surface area contributed by atoms with E-state index in [0.717, 1.165) is 5.01 Å². The Morgan fingerprint density at radius 3 is 2.61 bits per heavy atom. The molecule has 0 radical (unpaired) electrons. The van der Waals surface area contributed by atoms with Crippen molar-refractivity contribution in [2.75, 3.05) is 0 Å². The molecule has 0 unspecified atom stereocenters. The largest absolute Gasteiger partial charge is 1.00 e. The van der Waals surface area contributed by atoms with Gasteiger partial charge in [0.1, 0.15) is 5.01 Å². The van der Waals surface area contributed by atoms with Gasteiger partial charge in [0.25, 0.3) is 0 Å². The maximum atomic E-state index is 12.2. The molecule has 3 rings (SSSR count).